The molecule has 0 aromatic rings. The molecule has 0 aliphatic carbocycles. The van der Waals surface area contributed by atoms with Crippen molar-refractivity contribution in [2.75, 3.05) is 6.54 Å². The summed E-state index contributed by atoms with van der Waals surface area (Å²) in [6.45, 7) is 2.53. The third-order valence-electron chi connectivity index (χ3n) is 1.01. The first kappa shape index (κ1) is 22.5. The van der Waals surface area contributed by atoms with Gasteiger partial charge in [0.25, 0.3) is 0 Å². The second-order valence-corrected chi connectivity index (χ2v) is 1.78. The Hall–Kier alpha value is 1.12. The molecule has 0 N–H and O–H groups in total. The van der Waals surface area contributed by atoms with Crippen molar-refractivity contribution in [1.82, 2.24) is 5.73 Å². The Bertz CT molecular complexity index is 34.9. The first-order chi connectivity index (χ1) is 3.41. The van der Waals surface area contributed by atoms with Crippen LogP contribution in [0.1, 0.15) is 32.6 Å². The van der Waals surface area contributed by atoms with E-state index >= 15 is 0 Å². The minimum atomic E-state index is 0. The number of nitrogens with zero attached hydrogens (tertiary/aromatic N) is 1. The Kier molecular flexibility index (Phi) is 50.5. The Labute approximate surface area is 88.2 Å². The van der Waals surface area contributed by atoms with Crippen LogP contribution in [0.25, 0.3) is 0 Å². The Balaban J connectivity index is -0.0000000600. The molecular formula is C6H13Cl2NV. The maximum absolute atomic E-state index is 8.29. The van der Waals surface area contributed by atoms with Gasteiger partial charge < -0.3 is 24.8 Å². The summed E-state index contributed by atoms with van der Waals surface area (Å²) in [5.74, 6) is 0. The van der Waals surface area contributed by atoms with Crippen molar-refractivity contribution >= 4 is 0 Å². The van der Waals surface area contributed by atoms with Gasteiger partial charge in [-0.25, -0.2) is 0 Å². The van der Waals surface area contributed by atoms with Crippen LogP contribution >= 0.6 is 0 Å². The fourth-order valence-corrected chi connectivity index (χ4v) is 0.539. The van der Waals surface area contributed by atoms with Crippen molar-refractivity contribution in [2.45, 2.75) is 32.6 Å². The average Bonchev–Trinajstić information content (AvgIpc) is 1.69. The molecule has 1 nitrogen and oxygen atoms in total. The molecule has 0 saturated heterocycles. The number of halogens is 2. The fourth-order valence-electron chi connectivity index (χ4n) is 0.539. The van der Waals surface area contributed by atoms with Crippen LogP contribution in [0.2, 0.25) is 0 Å². The van der Waals surface area contributed by atoms with Gasteiger partial charge in [0.05, 0.1) is 0 Å². The van der Waals surface area contributed by atoms with E-state index in [0.717, 1.165) is 6.42 Å². The molecule has 0 atom stereocenters. The predicted octanol–water partition coefficient (Wildman–Crippen LogP) is -4.36. The first-order valence-corrected chi connectivity index (χ1v) is 3.02. The molecule has 0 saturated carbocycles. The third-order valence-corrected chi connectivity index (χ3v) is 1.01. The van der Waals surface area contributed by atoms with Crippen LogP contribution in [0.15, 0.2) is 0 Å². The smallest absolute Gasteiger partial charge is 1.00 e. The van der Waals surface area contributed by atoms with Crippen LogP contribution in [-0.4, -0.2) is 6.54 Å². The molecular weight excluding hydrogens is 208 g/mol. The van der Waals surface area contributed by atoms with E-state index in [0.29, 0.717) is 6.54 Å². The summed E-state index contributed by atoms with van der Waals surface area (Å²) in [4.78, 5) is 0. The molecule has 0 aliphatic rings. The summed E-state index contributed by atoms with van der Waals surface area (Å²) in [6.07, 6.45) is 4.68. The van der Waals surface area contributed by atoms with Gasteiger partial charge in [-0.1, -0.05) is 26.2 Å². The molecule has 0 fully saturated rings. The minimum absolute atomic E-state index is 0. The number of hydrogen-bond acceptors (Lipinski definition) is 0. The molecule has 0 heterocycles. The summed E-state index contributed by atoms with van der Waals surface area (Å²) in [7, 11) is 0. The summed E-state index contributed by atoms with van der Waals surface area (Å²) >= 11 is 0. The monoisotopic (exact) mass is 220 g/mol. The van der Waals surface area contributed by atoms with Crippen molar-refractivity contribution in [3.63, 3.8) is 0 Å². The van der Waals surface area contributed by atoms with E-state index in [1.165, 1.54) is 19.3 Å². The van der Waals surface area contributed by atoms with E-state index in [2.05, 4.69) is 6.92 Å². The second kappa shape index (κ2) is 22.5. The van der Waals surface area contributed by atoms with Crippen LogP contribution < -0.4 is 30.5 Å². The molecule has 10 heavy (non-hydrogen) atoms. The Morgan fingerprint density at radius 2 is 1.50 bits per heavy atom. The van der Waals surface area contributed by atoms with E-state index in [1.54, 1.807) is 0 Å². The molecule has 4 heteroatoms. The zero-order valence-corrected chi connectivity index (χ0v) is 9.09. The van der Waals surface area contributed by atoms with Gasteiger partial charge >= 0.3 is 18.6 Å². The van der Waals surface area contributed by atoms with Gasteiger partial charge in [0.15, 0.2) is 0 Å². The topological polar surface area (TPSA) is 22.3 Å². The molecule has 0 aromatic heterocycles. The van der Waals surface area contributed by atoms with Crippen molar-refractivity contribution in [3.05, 3.63) is 0 Å². The molecule has 0 bridgehead atoms. The van der Waals surface area contributed by atoms with Crippen molar-refractivity contribution in [1.29, 1.82) is 0 Å². The van der Waals surface area contributed by atoms with Crippen LogP contribution in [0.4, 0.5) is 0 Å². The summed E-state index contributed by atoms with van der Waals surface area (Å²) in [6, 6.07) is 0. The van der Waals surface area contributed by atoms with E-state index < -0.39 is 0 Å². The molecule has 0 rings (SSSR count). The van der Waals surface area contributed by atoms with E-state index in [9.17, 15) is 0 Å². The van der Waals surface area contributed by atoms with Crippen molar-refractivity contribution < 1.29 is 43.4 Å². The number of unbranched alkanes of at least 4 members (excludes halogenated alkanes) is 3. The van der Waals surface area contributed by atoms with Gasteiger partial charge in [-0.05, 0) is 6.42 Å². The molecule has 3 radical (unpaired) electrons. The Morgan fingerprint density at radius 1 is 1.00 bits per heavy atom. The molecule has 0 aromatic carbocycles. The van der Waals surface area contributed by atoms with E-state index in [-0.39, 0.29) is 43.4 Å². The number of rotatable bonds is 4. The number of hydrogen-bond donors (Lipinski definition) is 0. The van der Waals surface area contributed by atoms with Crippen molar-refractivity contribution in [3.8, 4) is 0 Å². The quantitative estimate of drug-likeness (QED) is 0.428. The SMILES string of the molecule is CCCCCC[N].[Cl-].[Cl-].[V+2]. The molecule has 0 spiro atoms. The second-order valence-electron chi connectivity index (χ2n) is 1.78. The first-order valence-electron chi connectivity index (χ1n) is 3.02. The van der Waals surface area contributed by atoms with Gasteiger partial charge in [0, 0.05) is 6.54 Å². The predicted molar refractivity (Wildman–Crippen MR) is 31.1 cm³/mol. The van der Waals surface area contributed by atoms with Crippen LogP contribution in [0, 0.1) is 0 Å². The normalized spacial score (nSPS) is 6.60. The van der Waals surface area contributed by atoms with Crippen LogP contribution in [0.3, 0.4) is 0 Å². The molecule has 61 valence electrons. The van der Waals surface area contributed by atoms with Gasteiger partial charge in [-0.3, -0.25) is 0 Å². The summed E-state index contributed by atoms with van der Waals surface area (Å²) in [5, 5.41) is 0. The van der Waals surface area contributed by atoms with Gasteiger partial charge in [-0.2, -0.15) is 0 Å². The van der Waals surface area contributed by atoms with Gasteiger partial charge in [0.1, 0.15) is 0 Å². The third kappa shape index (κ3) is 22.9. The summed E-state index contributed by atoms with van der Waals surface area (Å²) in [5.41, 5.74) is 8.29. The molecule has 0 amide bonds. The maximum atomic E-state index is 8.29. The van der Waals surface area contributed by atoms with Crippen LogP contribution in [0.5, 0.6) is 0 Å². The van der Waals surface area contributed by atoms with Crippen LogP contribution in [-0.2, 0) is 18.6 Å². The zero-order chi connectivity index (χ0) is 5.54. The Morgan fingerprint density at radius 3 is 1.80 bits per heavy atom. The minimum Gasteiger partial charge on any atom is -1.00 e. The fraction of sp³-hybridized carbons (Fsp3) is 1.00. The van der Waals surface area contributed by atoms with Gasteiger partial charge in [0.2, 0.25) is 0 Å². The standard InChI is InChI=1S/C6H13N.2ClH.V/c1-2-3-4-5-6-7;;;/h2-6H2,1H3;2*1H;/q;;;+2/p-2. The zero-order valence-electron chi connectivity index (χ0n) is 6.19. The average molecular weight is 221 g/mol. The largest absolute Gasteiger partial charge is 2.00 e. The van der Waals surface area contributed by atoms with E-state index in [1.807, 2.05) is 0 Å². The maximum Gasteiger partial charge on any atom is 2.00 e. The van der Waals surface area contributed by atoms with Crippen molar-refractivity contribution in [2.24, 2.45) is 0 Å². The summed E-state index contributed by atoms with van der Waals surface area (Å²) < 4.78 is 0. The van der Waals surface area contributed by atoms with E-state index in [4.69, 9.17) is 5.73 Å². The molecule has 0 aliphatic heterocycles. The van der Waals surface area contributed by atoms with Gasteiger partial charge in [-0.15, -0.1) is 5.73 Å². The molecule has 0 unspecified atom stereocenters.